The van der Waals surface area contributed by atoms with E-state index in [1.807, 2.05) is 38.1 Å². The number of aromatic nitrogens is 1. The summed E-state index contributed by atoms with van der Waals surface area (Å²) in [5, 5.41) is 0. The predicted molar refractivity (Wildman–Crippen MR) is 95.3 cm³/mol. The predicted octanol–water partition coefficient (Wildman–Crippen LogP) is 3.56. The van der Waals surface area contributed by atoms with Crippen LogP contribution in [0.15, 0.2) is 36.4 Å². The monoisotopic (exact) mass is 334 g/mol. The molecule has 0 unspecified atom stereocenters. The molecule has 2 rings (SSSR count). The Kier molecular flexibility index (Phi) is 5.65. The van der Waals surface area contributed by atoms with Gasteiger partial charge in [0.15, 0.2) is 0 Å². The minimum absolute atomic E-state index is 0.185. The zero-order chi connectivity index (χ0) is 17.0. The first-order valence-corrected chi connectivity index (χ1v) is 9.65. The van der Waals surface area contributed by atoms with Crippen LogP contribution in [0.2, 0.25) is 0 Å². The molecule has 0 bridgehead atoms. The highest BCUT2D eigenvalue weighted by Crippen LogP contribution is 2.17. The molecule has 1 N–H and O–H groups in total. The van der Waals surface area contributed by atoms with E-state index >= 15 is 0 Å². The zero-order valence-electron chi connectivity index (χ0n) is 14.3. The molecule has 1 aromatic heterocycles. The third kappa shape index (κ3) is 4.94. The summed E-state index contributed by atoms with van der Waals surface area (Å²) in [7, 11) is -3.20. The number of sulfonamides is 1. The molecule has 2 aromatic rings. The molecule has 5 heteroatoms. The molecule has 23 heavy (non-hydrogen) atoms. The van der Waals surface area contributed by atoms with Gasteiger partial charge in [0.2, 0.25) is 10.0 Å². The average Bonchev–Trinajstić information content (AvgIpc) is 2.83. The second-order valence-corrected chi connectivity index (χ2v) is 8.37. The van der Waals surface area contributed by atoms with Crippen LogP contribution < -0.4 is 4.72 Å². The van der Waals surface area contributed by atoms with Crippen molar-refractivity contribution >= 4 is 10.0 Å². The smallest absolute Gasteiger partial charge is 0.211 e. The van der Waals surface area contributed by atoms with Gasteiger partial charge in [0.1, 0.15) is 0 Å². The number of aryl methyl sites for hydroxylation is 2. The standard InChI is InChI=1S/C18H26N2O2S/c1-14(2)11-12-23(21,22)19-13-17-7-9-18(10-8-17)20-15(3)5-6-16(20)4/h5-10,14,19H,11-13H2,1-4H3. The fourth-order valence-electron chi connectivity index (χ4n) is 2.49. The number of hydrogen-bond acceptors (Lipinski definition) is 2. The third-order valence-corrected chi connectivity index (χ3v) is 5.28. The first kappa shape index (κ1) is 17.8. The molecule has 0 saturated heterocycles. The Morgan fingerprint density at radius 2 is 1.57 bits per heavy atom. The molecule has 0 aliphatic carbocycles. The van der Waals surface area contributed by atoms with Crippen LogP contribution in [0.25, 0.3) is 5.69 Å². The summed E-state index contributed by atoms with van der Waals surface area (Å²) in [6.45, 7) is 8.54. The van der Waals surface area contributed by atoms with Crippen LogP contribution in [0.1, 0.15) is 37.2 Å². The summed E-state index contributed by atoms with van der Waals surface area (Å²) < 4.78 is 28.7. The third-order valence-electron chi connectivity index (χ3n) is 3.93. The van der Waals surface area contributed by atoms with Crippen molar-refractivity contribution in [3.05, 3.63) is 53.3 Å². The van der Waals surface area contributed by atoms with Gasteiger partial charge in [0.05, 0.1) is 5.75 Å². The van der Waals surface area contributed by atoms with Gasteiger partial charge in [-0.2, -0.15) is 0 Å². The molecule has 0 radical (unpaired) electrons. The summed E-state index contributed by atoms with van der Waals surface area (Å²) in [5.74, 6) is 0.573. The maximum Gasteiger partial charge on any atom is 0.211 e. The molecule has 0 atom stereocenters. The van der Waals surface area contributed by atoms with E-state index < -0.39 is 10.0 Å². The summed E-state index contributed by atoms with van der Waals surface area (Å²) in [5.41, 5.74) is 4.43. The van der Waals surface area contributed by atoms with E-state index in [0.29, 0.717) is 18.9 Å². The fourth-order valence-corrected chi connectivity index (χ4v) is 3.81. The minimum atomic E-state index is -3.20. The number of benzene rings is 1. The molecule has 0 fully saturated rings. The lowest BCUT2D eigenvalue weighted by Gasteiger charge is -2.11. The van der Waals surface area contributed by atoms with Crippen LogP contribution in [-0.4, -0.2) is 18.7 Å². The topological polar surface area (TPSA) is 51.1 Å². The van der Waals surface area contributed by atoms with Gasteiger partial charge in [-0.25, -0.2) is 13.1 Å². The van der Waals surface area contributed by atoms with Gasteiger partial charge in [-0.05, 0) is 56.0 Å². The minimum Gasteiger partial charge on any atom is -0.319 e. The summed E-state index contributed by atoms with van der Waals surface area (Å²) in [4.78, 5) is 0. The second-order valence-electron chi connectivity index (χ2n) is 6.44. The van der Waals surface area contributed by atoms with Crippen molar-refractivity contribution in [3.63, 3.8) is 0 Å². The van der Waals surface area contributed by atoms with Crippen LogP contribution >= 0.6 is 0 Å². The highest BCUT2D eigenvalue weighted by atomic mass is 32.2. The number of nitrogens with one attached hydrogen (secondary N) is 1. The zero-order valence-corrected chi connectivity index (χ0v) is 15.2. The average molecular weight is 334 g/mol. The molecule has 1 heterocycles. The van der Waals surface area contributed by atoms with Crippen LogP contribution in [0.5, 0.6) is 0 Å². The Morgan fingerprint density at radius 1 is 1.00 bits per heavy atom. The highest BCUT2D eigenvalue weighted by Gasteiger charge is 2.11. The Hall–Kier alpha value is -1.59. The Balaban J connectivity index is 2.01. The summed E-state index contributed by atoms with van der Waals surface area (Å²) >= 11 is 0. The molecule has 0 aliphatic rings. The molecule has 4 nitrogen and oxygen atoms in total. The van der Waals surface area contributed by atoms with E-state index in [1.165, 1.54) is 11.4 Å². The quantitative estimate of drug-likeness (QED) is 0.842. The maximum atomic E-state index is 11.9. The van der Waals surface area contributed by atoms with Crippen molar-refractivity contribution in [1.82, 2.24) is 9.29 Å². The lowest BCUT2D eigenvalue weighted by atomic mass is 10.2. The van der Waals surface area contributed by atoms with E-state index in [0.717, 1.165) is 11.3 Å². The van der Waals surface area contributed by atoms with Crippen molar-refractivity contribution in [3.8, 4) is 5.69 Å². The molecule has 0 saturated carbocycles. The van der Waals surface area contributed by atoms with Gasteiger partial charge in [-0.3, -0.25) is 0 Å². The maximum absolute atomic E-state index is 11.9. The molecular weight excluding hydrogens is 308 g/mol. The van der Waals surface area contributed by atoms with E-state index in [1.54, 1.807) is 0 Å². The summed E-state index contributed by atoms with van der Waals surface area (Å²) in [6, 6.07) is 12.2. The molecule has 0 aliphatic heterocycles. The number of hydrogen-bond donors (Lipinski definition) is 1. The lowest BCUT2D eigenvalue weighted by molar-refractivity contribution is 0.561. The Labute approximate surface area is 139 Å². The lowest BCUT2D eigenvalue weighted by Crippen LogP contribution is -2.26. The van der Waals surface area contributed by atoms with Crippen molar-refractivity contribution in [2.75, 3.05) is 5.75 Å². The van der Waals surface area contributed by atoms with Crippen molar-refractivity contribution in [2.45, 2.75) is 40.7 Å². The Morgan fingerprint density at radius 3 is 2.09 bits per heavy atom. The highest BCUT2D eigenvalue weighted by molar-refractivity contribution is 7.89. The van der Waals surface area contributed by atoms with Crippen LogP contribution in [-0.2, 0) is 16.6 Å². The first-order chi connectivity index (χ1) is 10.8. The SMILES string of the molecule is Cc1ccc(C)n1-c1ccc(CNS(=O)(=O)CCC(C)C)cc1. The molecule has 126 valence electrons. The van der Waals surface area contributed by atoms with Crippen molar-refractivity contribution in [2.24, 2.45) is 5.92 Å². The number of nitrogens with zero attached hydrogens (tertiary/aromatic N) is 1. The summed E-state index contributed by atoms with van der Waals surface area (Å²) in [6.07, 6.45) is 0.681. The van der Waals surface area contributed by atoms with Crippen molar-refractivity contribution in [1.29, 1.82) is 0 Å². The van der Waals surface area contributed by atoms with Gasteiger partial charge in [-0.15, -0.1) is 0 Å². The van der Waals surface area contributed by atoms with E-state index in [4.69, 9.17) is 0 Å². The molecule has 0 amide bonds. The fraction of sp³-hybridized carbons (Fsp3) is 0.444. The second kappa shape index (κ2) is 7.32. The van der Waals surface area contributed by atoms with Gasteiger partial charge in [-0.1, -0.05) is 26.0 Å². The van der Waals surface area contributed by atoms with E-state index in [2.05, 4.69) is 35.3 Å². The van der Waals surface area contributed by atoms with E-state index in [9.17, 15) is 8.42 Å². The normalized spacial score (nSPS) is 12.0. The largest absolute Gasteiger partial charge is 0.319 e. The molecule has 0 spiro atoms. The van der Waals surface area contributed by atoms with Gasteiger partial charge in [0, 0.05) is 23.6 Å². The molecular formula is C18H26N2O2S. The van der Waals surface area contributed by atoms with Gasteiger partial charge >= 0.3 is 0 Å². The van der Waals surface area contributed by atoms with Gasteiger partial charge in [0.25, 0.3) is 0 Å². The first-order valence-electron chi connectivity index (χ1n) is 8.00. The molecule has 1 aromatic carbocycles. The van der Waals surface area contributed by atoms with Crippen LogP contribution in [0, 0.1) is 19.8 Å². The van der Waals surface area contributed by atoms with Crippen molar-refractivity contribution < 1.29 is 8.42 Å². The van der Waals surface area contributed by atoms with E-state index in [-0.39, 0.29) is 5.75 Å². The number of rotatable bonds is 7. The van der Waals surface area contributed by atoms with Crippen LogP contribution in [0.4, 0.5) is 0 Å². The van der Waals surface area contributed by atoms with Gasteiger partial charge < -0.3 is 4.57 Å². The van der Waals surface area contributed by atoms with Crippen LogP contribution in [0.3, 0.4) is 0 Å². The Bertz CT molecular complexity index is 724.